The van der Waals surface area contributed by atoms with Gasteiger partial charge in [-0.05, 0) is 12.8 Å². The molecular formula is C20H41NO2. The predicted molar refractivity (Wildman–Crippen MR) is 101 cm³/mol. The quantitative estimate of drug-likeness (QED) is 0.268. The van der Waals surface area contributed by atoms with Gasteiger partial charge in [0, 0.05) is 0 Å². The van der Waals surface area contributed by atoms with Crippen LogP contribution in [0.15, 0.2) is 12.2 Å². The third-order valence-corrected chi connectivity index (χ3v) is 4.46. The number of hydrogen-bond donors (Lipinski definition) is 3. The van der Waals surface area contributed by atoms with Gasteiger partial charge in [0.2, 0.25) is 0 Å². The van der Waals surface area contributed by atoms with Crippen LogP contribution in [-0.2, 0) is 0 Å². The average molecular weight is 328 g/mol. The second-order valence-corrected chi connectivity index (χ2v) is 6.80. The lowest BCUT2D eigenvalue weighted by Crippen LogP contribution is -2.36. The van der Waals surface area contributed by atoms with Crippen molar-refractivity contribution in [3.63, 3.8) is 0 Å². The smallest absolute Gasteiger partial charge is 0.0894 e. The van der Waals surface area contributed by atoms with Gasteiger partial charge in [-0.15, -0.1) is 0 Å². The molecule has 0 aliphatic heterocycles. The van der Waals surface area contributed by atoms with E-state index in [1.807, 2.05) is 6.08 Å². The first-order valence-electron chi connectivity index (χ1n) is 9.93. The molecule has 0 unspecified atom stereocenters. The number of aliphatic hydroxyl groups is 2. The number of rotatable bonds is 17. The highest BCUT2D eigenvalue weighted by molar-refractivity contribution is 4.93. The Morgan fingerprint density at radius 1 is 0.783 bits per heavy atom. The maximum atomic E-state index is 9.55. The van der Waals surface area contributed by atoms with Crippen molar-refractivity contribution in [1.29, 1.82) is 0 Å². The molecular weight excluding hydrogens is 286 g/mol. The van der Waals surface area contributed by atoms with Crippen molar-refractivity contribution in [3.8, 4) is 0 Å². The summed E-state index contributed by atoms with van der Waals surface area (Å²) >= 11 is 0. The van der Waals surface area contributed by atoms with Gasteiger partial charge in [-0.3, -0.25) is 0 Å². The van der Waals surface area contributed by atoms with Crippen LogP contribution in [0.2, 0.25) is 0 Å². The van der Waals surface area contributed by atoms with Crippen molar-refractivity contribution in [3.05, 3.63) is 12.2 Å². The molecule has 3 heteroatoms. The van der Waals surface area contributed by atoms with Gasteiger partial charge in [-0.25, -0.2) is 0 Å². The molecule has 4 N–H and O–H groups in total. The molecule has 3 nitrogen and oxygen atoms in total. The monoisotopic (exact) mass is 327 g/mol. The summed E-state index contributed by atoms with van der Waals surface area (Å²) in [4.78, 5) is 0. The zero-order valence-corrected chi connectivity index (χ0v) is 15.4. The van der Waals surface area contributed by atoms with E-state index >= 15 is 0 Å². The highest BCUT2D eigenvalue weighted by Gasteiger charge is 2.08. The second-order valence-electron chi connectivity index (χ2n) is 6.80. The standard InChI is InChI=1S/C20H41NO2/c1-2-3-4-5-6-7-8-9-10-11-12-13-14-15-16-17-20(23)19(21)18-22/h16-17,19-20,22-23H,2-15,18,21H2,1H3/t19-,20+/m0/s1. The van der Waals surface area contributed by atoms with Gasteiger partial charge in [0.25, 0.3) is 0 Å². The van der Waals surface area contributed by atoms with E-state index < -0.39 is 12.1 Å². The first-order chi connectivity index (χ1) is 11.2. The van der Waals surface area contributed by atoms with Crippen LogP contribution in [0.3, 0.4) is 0 Å². The van der Waals surface area contributed by atoms with Gasteiger partial charge in [0.15, 0.2) is 0 Å². The van der Waals surface area contributed by atoms with E-state index in [1.165, 1.54) is 83.5 Å². The summed E-state index contributed by atoms with van der Waals surface area (Å²) in [5.74, 6) is 0. The van der Waals surface area contributed by atoms with Gasteiger partial charge in [0.1, 0.15) is 0 Å². The molecule has 0 fully saturated rings. The SMILES string of the molecule is CCCCCCCCCCCCCCCC=C[C@@H](O)[C@@H](N)CO. The van der Waals surface area contributed by atoms with Crippen LogP contribution in [0.25, 0.3) is 0 Å². The Balaban J connectivity index is 3.17. The normalized spacial score (nSPS) is 14.4. The number of aliphatic hydroxyl groups excluding tert-OH is 2. The fourth-order valence-corrected chi connectivity index (χ4v) is 2.77. The van der Waals surface area contributed by atoms with E-state index in [9.17, 15) is 5.11 Å². The minimum Gasteiger partial charge on any atom is -0.395 e. The van der Waals surface area contributed by atoms with E-state index in [-0.39, 0.29) is 6.61 Å². The molecule has 0 amide bonds. The largest absolute Gasteiger partial charge is 0.395 e. The summed E-state index contributed by atoms with van der Waals surface area (Å²) in [6.07, 6.45) is 21.7. The Hall–Kier alpha value is -0.380. The van der Waals surface area contributed by atoms with Crippen LogP contribution in [-0.4, -0.2) is 29.0 Å². The van der Waals surface area contributed by atoms with Crippen molar-refractivity contribution in [2.45, 2.75) is 109 Å². The van der Waals surface area contributed by atoms with Crippen molar-refractivity contribution in [2.24, 2.45) is 5.73 Å². The first-order valence-corrected chi connectivity index (χ1v) is 9.93. The number of nitrogens with two attached hydrogens (primary N) is 1. The van der Waals surface area contributed by atoms with Crippen molar-refractivity contribution in [1.82, 2.24) is 0 Å². The van der Waals surface area contributed by atoms with E-state index in [0.29, 0.717) is 0 Å². The van der Waals surface area contributed by atoms with E-state index in [1.54, 1.807) is 6.08 Å². The molecule has 0 saturated heterocycles. The van der Waals surface area contributed by atoms with Crippen LogP contribution in [0, 0.1) is 0 Å². The van der Waals surface area contributed by atoms with Gasteiger partial charge in [-0.1, -0.05) is 96.1 Å². The van der Waals surface area contributed by atoms with Crippen LogP contribution in [0.4, 0.5) is 0 Å². The fraction of sp³-hybridized carbons (Fsp3) is 0.900. The zero-order chi connectivity index (χ0) is 17.2. The fourth-order valence-electron chi connectivity index (χ4n) is 2.77. The van der Waals surface area contributed by atoms with Crippen LogP contribution < -0.4 is 5.73 Å². The van der Waals surface area contributed by atoms with Crippen molar-refractivity contribution >= 4 is 0 Å². The summed E-state index contributed by atoms with van der Waals surface area (Å²) < 4.78 is 0. The molecule has 0 aliphatic rings. The average Bonchev–Trinajstić information content (AvgIpc) is 2.57. The number of unbranched alkanes of at least 4 members (excludes halogenated alkanes) is 13. The molecule has 0 aromatic heterocycles. The van der Waals surface area contributed by atoms with Crippen LogP contribution in [0.5, 0.6) is 0 Å². The Kier molecular flexibility index (Phi) is 17.7. The van der Waals surface area contributed by atoms with Crippen molar-refractivity contribution in [2.75, 3.05) is 6.61 Å². The molecule has 0 aliphatic carbocycles. The topological polar surface area (TPSA) is 66.5 Å². The van der Waals surface area contributed by atoms with Gasteiger partial charge in [0.05, 0.1) is 18.8 Å². The molecule has 0 saturated carbocycles. The van der Waals surface area contributed by atoms with Crippen LogP contribution in [0.1, 0.15) is 96.8 Å². The highest BCUT2D eigenvalue weighted by atomic mass is 16.3. The molecule has 138 valence electrons. The lowest BCUT2D eigenvalue weighted by Gasteiger charge is -2.11. The molecule has 0 aromatic rings. The summed E-state index contributed by atoms with van der Waals surface area (Å²) in [6.45, 7) is 2.09. The molecule has 0 bridgehead atoms. The summed E-state index contributed by atoms with van der Waals surface area (Å²) in [5.41, 5.74) is 5.53. The molecule has 2 atom stereocenters. The van der Waals surface area contributed by atoms with E-state index in [2.05, 4.69) is 6.92 Å². The van der Waals surface area contributed by atoms with Gasteiger partial charge >= 0.3 is 0 Å². The highest BCUT2D eigenvalue weighted by Crippen LogP contribution is 2.13. The Labute approximate surface area is 144 Å². The minimum absolute atomic E-state index is 0.176. The van der Waals surface area contributed by atoms with E-state index in [4.69, 9.17) is 10.8 Å². The minimum atomic E-state index is -0.720. The lowest BCUT2D eigenvalue weighted by molar-refractivity contribution is 0.144. The Bertz CT molecular complexity index is 256. The summed E-state index contributed by atoms with van der Waals surface area (Å²) in [6, 6.07) is -0.558. The van der Waals surface area contributed by atoms with Crippen molar-refractivity contribution < 1.29 is 10.2 Å². The van der Waals surface area contributed by atoms with Crippen LogP contribution >= 0.6 is 0 Å². The Morgan fingerprint density at radius 3 is 1.65 bits per heavy atom. The lowest BCUT2D eigenvalue weighted by atomic mass is 10.0. The first kappa shape index (κ1) is 22.6. The third kappa shape index (κ3) is 16.3. The zero-order valence-electron chi connectivity index (χ0n) is 15.4. The second kappa shape index (κ2) is 18.0. The molecule has 0 aromatic carbocycles. The molecule has 0 rings (SSSR count). The third-order valence-electron chi connectivity index (χ3n) is 4.46. The Morgan fingerprint density at radius 2 is 1.22 bits per heavy atom. The molecule has 0 spiro atoms. The maximum absolute atomic E-state index is 9.55. The van der Waals surface area contributed by atoms with Gasteiger partial charge < -0.3 is 15.9 Å². The van der Waals surface area contributed by atoms with E-state index in [0.717, 1.165) is 6.42 Å². The van der Waals surface area contributed by atoms with Gasteiger partial charge in [-0.2, -0.15) is 0 Å². The number of allylic oxidation sites excluding steroid dienone is 1. The number of hydrogen-bond acceptors (Lipinski definition) is 3. The predicted octanol–water partition coefficient (Wildman–Crippen LogP) is 4.70. The maximum Gasteiger partial charge on any atom is 0.0894 e. The summed E-state index contributed by atoms with van der Waals surface area (Å²) in [7, 11) is 0. The molecule has 0 heterocycles. The molecule has 0 radical (unpaired) electrons. The molecule has 23 heavy (non-hydrogen) atoms. The summed E-state index contributed by atoms with van der Waals surface area (Å²) in [5, 5.41) is 18.4.